The quantitative estimate of drug-likeness (QED) is 0.619. The summed E-state index contributed by atoms with van der Waals surface area (Å²) in [6, 6.07) is 5.49. The Bertz CT molecular complexity index is 286. The van der Waals surface area contributed by atoms with E-state index in [9.17, 15) is 0 Å². The molecule has 14 heavy (non-hydrogen) atoms. The normalized spacial score (nSPS) is 12.8. The lowest BCUT2D eigenvalue weighted by molar-refractivity contribution is 0.289. The number of thioether (sulfide) groups is 1. The van der Waals surface area contributed by atoms with Gasteiger partial charge in [0, 0.05) is 22.4 Å². The van der Waals surface area contributed by atoms with Crippen molar-refractivity contribution < 1.29 is 5.11 Å². The molecule has 0 radical (unpaired) electrons. The first-order valence-corrected chi connectivity index (χ1v) is 5.72. The van der Waals surface area contributed by atoms with Gasteiger partial charge in [-0.25, -0.2) is 0 Å². The third kappa shape index (κ3) is 3.08. The highest BCUT2D eigenvalue weighted by molar-refractivity contribution is 8.00. The molecule has 78 valence electrons. The summed E-state index contributed by atoms with van der Waals surface area (Å²) in [7, 11) is 0. The maximum Gasteiger partial charge on any atom is 0.0562 e. The largest absolute Gasteiger partial charge is 0.398 e. The highest BCUT2D eigenvalue weighted by Crippen LogP contribution is 2.35. The molecule has 1 atom stereocenters. The van der Waals surface area contributed by atoms with Crippen LogP contribution in [0.15, 0.2) is 23.1 Å². The van der Waals surface area contributed by atoms with Crippen LogP contribution < -0.4 is 5.73 Å². The van der Waals surface area contributed by atoms with Gasteiger partial charge in [-0.3, -0.25) is 0 Å². The summed E-state index contributed by atoms with van der Waals surface area (Å²) in [4.78, 5) is 0.912. The lowest BCUT2D eigenvalue weighted by atomic mass is 10.3. The van der Waals surface area contributed by atoms with E-state index in [1.165, 1.54) is 0 Å². The molecule has 1 aromatic rings. The molecular formula is C10H14ClNOS. The smallest absolute Gasteiger partial charge is 0.0562 e. The zero-order chi connectivity index (χ0) is 10.6. The van der Waals surface area contributed by atoms with Gasteiger partial charge in [0.15, 0.2) is 0 Å². The Morgan fingerprint density at radius 1 is 1.57 bits per heavy atom. The van der Waals surface area contributed by atoms with E-state index < -0.39 is 0 Å². The molecule has 0 heterocycles. The molecule has 0 bridgehead atoms. The van der Waals surface area contributed by atoms with Crippen molar-refractivity contribution in [1.29, 1.82) is 0 Å². The lowest BCUT2D eigenvalue weighted by Gasteiger charge is -2.12. The van der Waals surface area contributed by atoms with E-state index in [0.717, 1.165) is 11.3 Å². The number of nitrogen functional groups attached to an aromatic ring is 1. The highest BCUT2D eigenvalue weighted by Gasteiger charge is 2.09. The third-order valence-electron chi connectivity index (χ3n) is 1.85. The number of halogens is 1. The molecule has 3 N–H and O–H groups in total. The van der Waals surface area contributed by atoms with Gasteiger partial charge in [-0.15, -0.1) is 11.8 Å². The molecular weight excluding hydrogens is 218 g/mol. The first-order valence-electron chi connectivity index (χ1n) is 4.46. The first kappa shape index (κ1) is 11.7. The van der Waals surface area contributed by atoms with Crippen LogP contribution in [0.4, 0.5) is 5.69 Å². The zero-order valence-electron chi connectivity index (χ0n) is 8.03. The van der Waals surface area contributed by atoms with Crippen LogP contribution >= 0.6 is 23.4 Å². The maximum absolute atomic E-state index is 8.78. The lowest BCUT2D eigenvalue weighted by Crippen LogP contribution is -2.00. The summed E-state index contributed by atoms with van der Waals surface area (Å²) >= 11 is 7.61. The average Bonchev–Trinajstić information content (AvgIpc) is 2.12. The molecule has 2 nitrogen and oxygen atoms in total. The monoisotopic (exact) mass is 231 g/mol. The second-order valence-electron chi connectivity index (χ2n) is 3.10. The molecule has 0 aliphatic rings. The van der Waals surface area contributed by atoms with Crippen molar-refractivity contribution in [3.63, 3.8) is 0 Å². The Balaban J connectivity index is 2.75. The van der Waals surface area contributed by atoms with Crippen molar-refractivity contribution in [3.05, 3.63) is 23.2 Å². The van der Waals surface area contributed by atoms with Crippen molar-refractivity contribution in [2.24, 2.45) is 0 Å². The Kier molecular flexibility index (Phi) is 4.58. The predicted molar refractivity (Wildman–Crippen MR) is 62.9 cm³/mol. The summed E-state index contributed by atoms with van der Waals surface area (Å²) in [6.45, 7) is 2.24. The Hall–Kier alpha value is -0.380. The van der Waals surface area contributed by atoms with E-state index in [4.69, 9.17) is 22.4 Å². The van der Waals surface area contributed by atoms with E-state index in [1.807, 2.05) is 25.1 Å². The van der Waals surface area contributed by atoms with E-state index in [1.54, 1.807) is 11.8 Å². The molecule has 0 fully saturated rings. The molecule has 0 spiro atoms. The fourth-order valence-electron chi connectivity index (χ4n) is 1.09. The van der Waals surface area contributed by atoms with Crippen LogP contribution in [0.2, 0.25) is 5.02 Å². The summed E-state index contributed by atoms with van der Waals surface area (Å²) in [5.41, 5.74) is 6.50. The number of anilines is 1. The van der Waals surface area contributed by atoms with Crippen molar-refractivity contribution in [3.8, 4) is 0 Å². The number of hydrogen-bond acceptors (Lipinski definition) is 3. The second kappa shape index (κ2) is 5.49. The Labute approximate surface area is 93.5 Å². The Morgan fingerprint density at radius 2 is 2.29 bits per heavy atom. The minimum atomic E-state index is 0.193. The van der Waals surface area contributed by atoms with Gasteiger partial charge in [0.1, 0.15) is 0 Å². The number of nitrogens with two attached hydrogens (primary N) is 1. The van der Waals surface area contributed by atoms with E-state index in [0.29, 0.717) is 16.0 Å². The minimum absolute atomic E-state index is 0.193. The van der Waals surface area contributed by atoms with E-state index in [-0.39, 0.29) is 6.61 Å². The SMILES string of the molecule is CC(CCO)Sc1c(N)cccc1Cl. The summed E-state index contributed by atoms with van der Waals surface area (Å²) in [5.74, 6) is 0. The van der Waals surface area contributed by atoms with Gasteiger partial charge in [-0.1, -0.05) is 24.6 Å². The molecule has 1 unspecified atom stereocenters. The van der Waals surface area contributed by atoms with Gasteiger partial charge >= 0.3 is 0 Å². The number of aliphatic hydroxyl groups excluding tert-OH is 1. The standard InChI is InChI=1S/C10H14ClNOS/c1-7(5-6-13)14-10-8(11)3-2-4-9(10)12/h2-4,7,13H,5-6,12H2,1H3. The van der Waals surface area contributed by atoms with Gasteiger partial charge in [0.2, 0.25) is 0 Å². The van der Waals surface area contributed by atoms with Crippen LogP contribution in [0.5, 0.6) is 0 Å². The third-order valence-corrected chi connectivity index (χ3v) is 3.61. The molecule has 1 rings (SSSR count). The number of rotatable bonds is 4. The van der Waals surface area contributed by atoms with Crippen LogP contribution in [-0.4, -0.2) is 17.0 Å². The van der Waals surface area contributed by atoms with Crippen LogP contribution in [0.3, 0.4) is 0 Å². The first-order chi connectivity index (χ1) is 6.65. The van der Waals surface area contributed by atoms with Crippen LogP contribution in [-0.2, 0) is 0 Å². The van der Waals surface area contributed by atoms with Gasteiger partial charge in [-0.2, -0.15) is 0 Å². The van der Waals surface area contributed by atoms with Gasteiger partial charge in [0.05, 0.1) is 5.02 Å². The van der Waals surface area contributed by atoms with Gasteiger partial charge in [0.25, 0.3) is 0 Å². The summed E-state index contributed by atoms with van der Waals surface area (Å²) in [6.07, 6.45) is 0.745. The van der Waals surface area contributed by atoms with Crippen molar-refractivity contribution in [2.75, 3.05) is 12.3 Å². The predicted octanol–water partition coefficient (Wildman–Crippen LogP) is 2.79. The fourth-order valence-corrected chi connectivity index (χ4v) is 2.42. The van der Waals surface area contributed by atoms with E-state index in [2.05, 4.69) is 0 Å². The van der Waals surface area contributed by atoms with Gasteiger partial charge < -0.3 is 10.8 Å². The minimum Gasteiger partial charge on any atom is -0.398 e. The summed E-state index contributed by atoms with van der Waals surface area (Å²) < 4.78 is 0. The topological polar surface area (TPSA) is 46.2 Å². The van der Waals surface area contributed by atoms with Crippen LogP contribution in [0, 0.1) is 0 Å². The zero-order valence-corrected chi connectivity index (χ0v) is 9.61. The molecule has 0 aliphatic heterocycles. The number of hydrogen-bond donors (Lipinski definition) is 2. The van der Waals surface area contributed by atoms with Crippen LogP contribution in [0.25, 0.3) is 0 Å². The van der Waals surface area contributed by atoms with Crippen molar-refractivity contribution in [2.45, 2.75) is 23.5 Å². The van der Waals surface area contributed by atoms with E-state index >= 15 is 0 Å². The summed E-state index contributed by atoms with van der Waals surface area (Å²) in [5, 5.41) is 9.78. The molecule has 0 aliphatic carbocycles. The molecule has 4 heteroatoms. The molecule has 0 saturated carbocycles. The fraction of sp³-hybridized carbons (Fsp3) is 0.400. The number of aliphatic hydroxyl groups is 1. The van der Waals surface area contributed by atoms with Gasteiger partial charge in [-0.05, 0) is 18.6 Å². The van der Waals surface area contributed by atoms with Crippen molar-refractivity contribution >= 4 is 29.1 Å². The molecule has 1 aromatic carbocycles. The Morgan fingerprint density at radius 3 is 2.86 bits per heavy atom. The average molecular weight is 232 g/mol. The maximum atomic E-state index is 8.78. The highest BCUT2D eigenvalue weighted by atomic mass is 35.5. The van der Waals surface area contributed by atoms with Crippen LogP contribution in [0.1, 0.15) is 13.3 Å². The van der Waals surface area contributed by atoms with Crippen molar-refractivity contribution in [1.82, 2.24) is 0 Å². The second-order valence-corrected chi connectivity index (χ2v) is 4.95. The number of benzene rings is 1. The molecule has 0 aromatic heterocycles. The molecule has 0 saturated heterocycles. The molecule has 0 amide bonds.